The molecule has 0 unspecified atom stereocenters. The van der Waals surface area contributed by atoms with Gasteiger partial charge in [0.25, 0.3) is 0 Å². The Hall–Kier alpha value is -3.38. The quantitative estimate of drug-likeness (QED) is 0.228. The fraction of sp³-hybridized carbons (Fsp3) is 0.0370. The van der Waals surface area contributed by atoms with Gasteiger partial charge in [-0.2, -0.15) is 0 Å². The molecule has 0 bridgehead atoms. The SMILES string of the molecule is c1ccc(Cc2ccc3ccc4cccc5c6ccccc6c2c3c45)cc1. The van der Waals surface area contributed by atoms with Crippen molar-refractivity contribution < 1.29 is 0 Å². The van der Waals surface area contributed by atoms with Gasteiger partial charge < -0.3 is 0 Å². The first-order chi connectivity index (χ1) is 13.4. The number of rotatable bonds is 2. The summed E-state index contributed by atoms with van der Waals surface area (Å²) in [5.74, 6) is 0. The summed E-state index contributed by atoms with van der Waals surface area (Å²) in [6.07, 6.45) is 0.957. The van der Waals surface area contributed by atoms with Gasteiger partial charge in [-0.05, 0) is 60.6 Å². The molecule has 0 heteroatoms. The number of fused-ring (bicyclic) bond motifs is 3. The average Bonchev–Trinajstić information content (AvgIpc) is 2.74. The number of hydrogen-bond acceptors (Lipinski definition) is 0. The van der Waals surface area contributed by atoms with Gasteiger partial charge in [0, 0.05) is 0 Å². The third kappa shape index (κ3) is 2.10. The van der Waals surface area contributed by atoms with Crippen molar-refractivity contribution in [1.29, 1.82) is 0 Å². The van der Waals surface area contributed by atoms with E-state index in [9.17, 15) is 0 Å². The first kappa shape index (κ1) is 14.8. The molecular formula is C27H18. The van der Waals surface area contributed by atoms with E-state index in [1.165, 1.54) is 54.2 Å². The summed E-state index contributed by atoms with van der Waals surface area (Å²) in [7, 11) is 0. The highest BCUT2D eigenvalue weighted by Crippen LogP contribution is 2.42. The number of benzene rings is 6. The molecule has 0 aliphatic rings. The Balaban J connectivity index is 1.84. The topological polar surface area (TPSA) is 0 Å². The lowest BCUT2D eigenvalue weighted by atomic mass is 9.86. The first-order valence-electron chi connectivity index (χ1n) is 9.51. The number of hydrogen-bond donors (Lipinski definition) is 0. The minimum Gasteiger partial charge on any atom is -0.0622 e. The standard InChI is InChI=1S/C27H18/c1-2-7-18(8-3-1)17-21-16-15-20-14-13-19-9-6-12-24-22-10-4-5-11-23(22)26(21)27(20)25(19)24/h1-16H,17H2. The molecule has 0 aromatic heterocycles. The van der Waals surface area contributed by atoms with Crippen LogP contribution in [0.2, 0.25) is 0 Å². The normalized spacial score (nSPS) is 11.9. The Kier molecular flexibility index (Phi) is 3.04. The molecule has 0 aliphatic carbocycles. The molecule has 0 N–H and O–H groups in total. The van der Waals surface area contributed by atoms with Gasteiger partial charge in [-0.25, -0.2) is 0 Å². The van der Waals surface area contributed by atoms with E-state index in [1.54, 1.807) is 0 Å². The third-order valence-electron chi connectivity index (χ3n) is 5.84. The minimum atomic E-state index is 0.957. The maximum Gasteiger partial charge on any atom is -0.00175 e. The summed E-state index contributed by atoms with van der Waals surface area (Å²) < 4.78 is 0. The van der Waals surface area contributed by atoms with Crippen LogP contribution >= 0.6 is 0 Å². The second-order valence-electron chi connectivity index (χ2n) is 7.38. The highest BCUT2D eigenvalue weighted by atomic mass is 14.2. The maximum absolute atomic E-state index is 2.32. The van der Waals surface area contributed by atoms with Gasteiger partial charge in [0.2, 0.25) is 0 Å². The van der Waals surface area contributed by atoms with Crippen LogP contribution in [0.25, 0.3) is 43.1 Å². The fourth-order valence-corrected chi connectivity index (χ4v) is 4.67. The van der Waals surface area contributed by atoms with Gasteiger partial charge >= 0.3 is 0 Å². The predicted molar refractivity (Wildman–Crippen MR) is 117 cm³/mol. The summed E-state index contributed by atoms with van der Waals surface area (Å²) in [6, 6.07) is 35.5. The maximum atomic E-state index is 2.32. The van der Waals surface area contributed by atoms with Crippen LogP contribution < -0.4 is 0 Å². The zero-order chi connectivity index (χ0) is 17.8. The van der Waals surface area contributed by atoms with Crippen LogP contribution in [-0.2, 0) is 6.42 Å². The lowest BCUT2D eigenvalue weighted by Crippen LogP contribution is -1.94. The zero-order valence-electron chi connectivity index (χ0n) is 14.9. The Morgan fingerprint density at radius 1 is 0.407 bits per heavy atom. The van der Waals surface area contributed by atoms with E-state index >= 15 is 0 Å². The molecule has 0 nitrogen and oxygen atoms in total. The van der Waals surface area contributed by atoms with Gasteiger partial charge in [0.05, 0.1) is 0 Å². The van der Waals surface area contributed by atoms with Crippen molar-refractivity contribution in [3.05, 3.63) is 108 Å². The van der Waals surface area contributed by atoms with Crippen molar-refractivity contribution >= 4 is 43.1 Å². The molecule has 0 fully saturated rings. The van der Waals surface area contributed by atoms with Crippen molar-refractivity contribution in [1.82, 2.24) is 0 Å². The third-order valence-corrected chi connectivity index (χ3v) is 5.84. The van der Waals surface area contributed by atoms with Crippen LogP contribution in [0, 0.1) is 0 Å². The van der Waals surface area contributed by atoms with Gasteiger partial charge in [-0.3, -0.25) is 0 Å². The van der Waals surface area contributed by atoms with E-state index in [-0.39, 0.29) is 0 Å². The molecule has 27 heavy (non-hydrogen) atoms. The van der Waals surface area contributed by atoms with Gasteiger partial charge in [-0.1, -0.05) is 97.1 Å². The summed E-state index contributed by atoms with van der Waals surface area (Å²) in [5, 5.41) is 11.0. The fourth-order valence-electron chi connectivity index (χ4n) is 4.67. The second-order valence-corrected chi connectivity index (χ2v) is 7.38. The Labute approximate surface area is 158 Å². The van der Waals surface area contributed by atoms with Crippen molar-refractivity contribution in [2.45, 2.75) is 6.42 Å². The monoisotopic (exact) mass is 342 g/mol. The van der Waals surface area contributed by atoms with E-state index in [1.807, 2.05) is 0 Å². The summed E-state index contributed by atoms with van der Waals surface area (Å²) >= 11 is 0. The van der Waals surface area contributed by atoms with Gasteiger partial charge in [0.15, 0.2) is 0 Å². The van der Waals surface area contributed by atoms with E-state index in [2.05, 4.69) is 97.1 Å². The van der Waals surface area contributed by atoms with E-state index < -0.39 is 0 Å². The molecule has 6 rings (SSSR count). The second kappa shape index (κ2) is 5.56. The highest BCUT2D eigenvalue weighted by Gasteiger charge is 2.15. The lowest BCUT2D eigenvalue weighted by molar-refractivity contribution is 1.22. The molecule has 126 valence electrons. The van der Waals surface area contributed by atoms with Crippen LogP contribution in [0.4, 0.5) is 0 Å². The van der Waals surface area contributed by atoms with E-state index in [0.717, 1.165) is 6.42 Å². The van der Waals surface area contributed by atoms with Crippen LogP contribution in [0.5, 0.6) is 0 Å². The van der Waals surface area contributed by atoms with Crippen LogP contribution in [-0.4, -0.2) is 0 Å². The van der Waals surface area contributed by atoms with E-state index in [0.29, 0.717) is 0 Å². The molecule has 0 amide bonds. The molecule has 6 aromatic rings. The van der Waals surface area contributed by atoms with Crippen LogP contribution in [0.1, 0.15) is 11.1 Å². The summed E-state index contributed by atoms with van der Waals surface area (Å²) in [4.78, 5) is 0. The zero-order valence-corrected chi connectivity index (χ0v) is 14.9. The molecule has 0 radical (unpaired) electrons. The van der Waals surface area contributed by atoms with Crippen molar-refractivity contribution in [3.8, 4) is 0 Å². The van der Waals surface area contributed by atoms with Gasteiger partial charge in [-0.15, -0.1) is 0 Å². The molecular weight excluding hydrogens is 324 g/mol. The van der Waals surface area contributed by atoms with Crippen LogP contribution in [0.15, 0.2) is 97.1 Å². The molecule has 0 spiro atoms. The smallest absolute Gasteiger partial charge is 0.00175 e. The molecule has 0 atom stereocenters. The largest absolute Gasteiger partial charge is 0.0622 e. The molecule has 0 saturated heterocycles. The molecule has 0 aliphatic heterocycles. The average molecular weight is 342 g/mol. The highest BCUT2D eigenvalue weighted by molar-refractivity contribution is 6.34. The summed E-state index contributed by atoms with van der Waals surface area (Å²) in [5.41, 5.74) is 2.76. The first-order valence-corrected chi connectivity index (χ1v) is 9.51. The van der Waals surface area contributed by atoms with Crippen molar-refractivity contribution in [3.63, 3.8) is 0 Å². The van der Waals surface area contributed by atoms with E-state index in [4.69, 9.17) is 0 Å². The Morgan fingerprint density at radius 3 is 1.89 bits per heavy atom. The molecule has 0 heterocycles. The summed E-state index contributed by atoms with van der Waals surface area (Å²) in [6.45, 7) is 0. The minimum absolute atomic E-state index is 0.957. The molecule has 0 saturated carbocycles. The molecule has 6 aromatic carbocycles. The lowest BCUT2D eigenvalue weighted by Gasteiger charge is -2.17. The Morgan fingerprint density at radius 2 is 1.04 bits per heavy atom. The predicted octanol–water partition coefficient (Wildman–Crippen LogP) is 7.33. The van der Waals surface area contributed by atoms with Crippen LogP contribution in [0.3, 0.4) is 0 Å². The van der Waals surface area contributed by atoms with Crippen molar-refractivity contribution in [2.24, 2.45) is 0 Å². The Bertz CT molecular complexity index is 1420. The van der Waals surface area contributed by atoms with Crippen molar-refractivity contribution in [2.75, 3.05) is 0 Å². The van der Waals surface area contributed by atoms with Gasteiger partial charge in [0.1, 0.15) is 0 Å².